The van der Waals surface area contributed by atoms with Crippen molar-refractivity contribution in [2.45, 2.75) is 44.8 Å². The first-order chi connectivity index (χ1) is 10.9. The van der Waals surface area contributed by atoms with E-state index in [0.717, 1.165) is 0 Å². The maximum absolute atomic E-state index is 12.1. The predicted octanol–water partition coefficient (Wildman–Crippen LogP) is -0.455. The van der Waals surface area contributed by atoms with Gasteiger partial charge in [-0.15, -0.1) is 0 Å². The minimum atomic E-state index is -1.07. The molecule has 124 valence electrons. The zero-order valence-corrected chi connectivity index (χ0v) is 12.8. The lowest BCUT2D eigenvalue weighted by molar-refractivity contribution is -0.0798. The summed E-state index contributed by atoms with van der Waals surface area (Å²) in [6.07, 6.45) is -2.98. The predicted molar refractivity (Wildman–Crippen MR) is 77.9 cm³/mol. The van der Waals surface area contributed by atoms with E-state index in [-0.39, 0.29) is 6.61 Å². The van der Waals surface area contributed by atoms with Crippen molar-refractivity contribution in [3.8, 4) is 0 Å². The number of methoxy groups -OCH3 is 1. The average Bonchev–Trinajstić information content (AvgIpc) is 2.81. The molecule has 0 saturated carbocycles. The van der Waals surface area contributed by atoms with Crippen LogP contribution in [0.3, 0.4) is 0 Å². The van der Waals surface area contributed by atoms with Gasteiger partial charge in [-0.25, -0.2) is 4.79 Å². The number of aromatic nitrogens is 2. The van der Waals surface area contributed by atoms with Gasteiger partial charge in [-0.05, 0) is 13.3 Å². The smallest absolute Gasteiger partial charge is 0.330 e. The number of ether oxygens (including phenoxy) is 3. The molecule has 1 aromatic heterocycles. The van der Waals surface area contributed by atoms with E-state index in [9.17, 15) is 14.7 Å². The Morgan fingerprint density at radius 2 is 2.23 bits per heavy atom. The third-order valence-corrected chi connectivity index (χ3v) is 3.60. The van der Waals surface area contributed by atoms with Crippen LogP contribution in [-0.4, -0.2) is 53.3 Å². The van der Waals surface area contributed by atoms with E-state index >= 15 is 0 Å². The van der Waals surface area contributed by atoms with Gasteiger partial charge >= 0.3 is 5.69 Å². The minimum Gasteiger partial charge on any atom is -0.388 e. The van der Waals surface area contributed by atoms with Gasteiger partial charge in [0.2, 0.25) is 0 Å². The van der Waals surface area contributed by atoms with Crippen molar-refractivity contribution in [2.75, 3.05) is 20.3 Å². The van der Waals surface area contributed by atoms with Crippen LogP contribution < -0.4 is 11.2 Å². The second kappa shape index (κ2) is 7.19. The summed E-state index contributed by atoms with van der Waals surface area (Å²) in [5, 5.41) is 10.4. The van der Waals surface area contributed by atoms with E-state index in [0.29, 0.717) is 12.2 Å². The van der Waals surface area contributed by atoms with Gasteiger partial charge in [0.05, 0.1) is 19.3 Å². The number of H-pyrrole nitrogens is 1. The molecule has 5 atom stereocenters. The molecule has 0 radical (unpaired) electrons. The highest BCUT2D eigenvalue weighted by Gasteiger charge is 2.45. The number of nitrogens with one attached hydrogen (secondary N) is 1. The van der Waals surface area contributed by atoms with E-state index in [2.05, 4.69) is 4.98 Å². The Labute approximate surface area is 129 Å². The van der Waals surface area contributed by atoms with Crippen molar-refractivity contribution in [1.29, 1.82) is 0 Å². The first-order valence-electron chi connectivity index (χ1n) is 7.63. The number of aliphatic hydroxyl groups excluding tert-OH is 1. The zero-order chi connectivity index (χ0) is 17.1. The Morgan fingerprint density at radius 1 is 1.50 bits per heavy atom. The van der Waals surface area contributed by atoms with Crippen LogP contribution in [0.5, 0.6) is 0 Å². The zero-order valence-electron chi connectivity index (χ0n) is 13.8. The number of hydrogen-bond acceptors (Lipinski definition) is 6. The first-order valence-corrected chi connectivity index (χ1v) is 7.05. The molecule has 0 aromatic carbocycles. The van der Waals surface area contributed by atoms with Crippen LogP contribution in [0, 0.1) is 6.92 Å². The van der Waals surface area contributed by atoms with E-state index < -0.39 is 42.2 Å². The Kier molecular flexibility index (Phi) is 5.04. The standard InChI is InChI=1S/C14H22N2O6/c1-4-9-10(17)11(21-6-5-20-3)13(22-9)16-7-8(2)12(18)15-14(16)19/h7,9-11,13,17H,4-6H2,1-3H3,(H,15,18,19)/t9-,10-,11-,13-/m1/s1/i4D/t4-,9+,10+,11+,13+/m0. The van der Waals surface area contributed by atoms with Crippen molar-refractivity contribution in [2.24, 2.45) is 0 Å². The van der Waals surface area contributed by atoms with Crippen LogP contribution in [0.4, 0.5) is 0 Å². The molecule has 0 bridgehead atoms. The van der Waals surface area contributed by atoms with Crippen LogP contribution >= 0.6 is 0 Å². The maximum atomic E-state index is 12.1. The van der Waals surface area contributed by atoms with Gasteiger partial charge in [0.15, 0.2) is 6.23 Å². The fraction of sp³-hybridized carbons (Fsp3) is 0.714. The SMILES string of the molecule is [2H][C@@H](C)[C@H]1O[C@@H](n2cc(C)c(=O)[nH]c2=O)[C@H](OCCOC)[C@@H]1O. The number of rotatable bonds is 6. The highest BCUT2D eigenvalue weighted by molar-refractivity contribution is 5.03. The highest BCUT2D eigenvalue weighted by Crippen LogP contribution is 2.32. The second-order valence-electron chi connectivity index (χ2n) is 5.12. The third-order valence-electron chi connectivity index (χ3n) is 3.60. The van der Waals surface area contributed by atoms with Gasteiger partial charge in [0, 0.05) is 20.2 Å². The normalized spacial score (nSPS) is 30.3. The van der Waals surface area contributed by atoms with Crippen molar-refractivity contribution in [1.82, 2.24) is 9.55 Å². The molecular formula is C14H22N2O6. The fourth-order valence-corrected chi connectivity index (χ4v) is 2.40. The summed E-state index contributed by atoms with van der Waals surface area (Å²) in [6, 6.07) is 0. The van der Waals surface area contributed by atoms with Crippen LogP contribution in [0.15, 0.2) is 15.8 Å². The number of nitrogens with zero attached hydrogens (tertiary/aromatic N) is 1. The molecular weight excluding hydrogens is 292 g/mol. The summed E-state index contributed by atoms with van der Waals surface area (Å²) >= 11 is 0. The van der Waals surface area contributed by atoms with Gasteiger partial charge in [0.25, 0.3) is 5.56 Å². The first kappa shape index (κ1) is 15.4. The molecule has 1 aliphatic rings. The fourth-order valence-electron chi connectivity index (χ4n) is 2.40. The maximum Gasteiger partial charge on any atom is 0.330 e. The quantitative estimate of drug-likeness (QED) is 0.689. The molecule has 2 rings (SSSR count). The summed E-state index contributed by atoms with van der Waals surface area (Å²) in [5.41, 5.74) is -0.802. The van der Waals surface area contributed by atoms with Gasteiger partial charge < -0.3 is 19.3 Å². The number of aliphatic hydroxyl groups is 1. The molecule has 0 aliphatic carbocycles. The molecule has 1 fully saturated rings. The van der Waals surface area contributed by atoms with Crippen molar-refractivity contribution >= 4 is 0 Å². The number of aromatic amines is 1. The van der Waals surface area contributed by atoms with E-state index in [1.807, 2.05) is 0 Å². The molecule has 1 saturated heterocycles. The molecule has 0 spiro atoms. The number of hydrogen-bond donors (Lipinski definition) is 2. The number of aryl methyl sites for hydroxylation is 1. The Bertz CT molecular complexity index is 643. The lowest BCUT2D eigenvalue weighted by Gasteiger charge is -2.22. The summed E-state index contributed by atoms with van der Waals surface area (Å²) in [4.78, 5) is 25.7. The Hall–Kier alpha value is -1.48. The molecule has 1 aliphatic heterocycles. The summed E-state index contributed by atoms with van der Waals surface area (Å²) in [6.45, 7) is 3.67. The molecule has 2 N–H and O–H groups in total. The second-order valence-corrected chi connectivity index (χ2v) is 5.12. The lowest BCUT2D eigenvalue weighted by Crippen LogP contribution is -2.40. The van der Waals surface area contributed by atoms with Crippen molar-refractivity contribution in [3.05, 3.63) is 32.6 Å². The van der Waals surface area contributed by atoms with Gasteiger partial charge in [0.1, 0.15) is 12.2 Å². The van der Waals surface area contributed by atoms with Crippen LogP contribution in [-0.2, 0) is 14.2 Å². The van der Waals surface area contributed by atoms with Gasteiger partial charge in [-0.1, -0.05) is 6.92 Å². The van der Waals surface area contributed by atoms with Crippen molar-refractivity contribution < 1.29 is 20.7 Å². The van der Waals surface area contributed by atoms with Gasteiger partial charge in [-0.2, -0.15) is 0 Å². The monoisotopic (exact) mass is 315 g/mol. The molecule has 8 nitrogen and oxygen atoms in total. The molecule has 0 amide bonds. The summed E-state index contributed by atoms with van der Waals surface area (Å²) in [7, 11) is 1.52. The summed E-state index contributed by atoms with van der Waals surface area (Å²) < 4.78 is 25.1. The highest BCUT2D eigenvalue weighted by atomic mass is 16.6. The van der Waals surface area contributed by atoms with Gasteiger partial charge in [-0.3, -0.25) is 14.3 Å². The topological polar surface area (TPSA) is 103 Å². The van der Waals surface area contributed by atoms with E-state index in [4.69, 9.17) is 15.6 Å². The van der Waals surface area contributed by atoms with E-state index in [1.165, 1.54) is 17.9 Å². The largest absolute Gasteiger partial charge is 0.388 e. The van der Waals surface area contributed by atoms with Crippen LogP contribution in [0.25, 0.3) is 0 Å². The van der Waals surface area contributed by atoms with Crippen molar-refractivity contribution in [3.63, 3.8) is 0 Å². The molecule has 8 heteroatoms. The third kappa shape index (κ3) is 3.30. The van der Waals surface area contributed by atoms with E-state index in [1.54, 1.807) is 13.8 Å². The van der Waals surface area contributed by atoms with Crippen LogP contribution in [0.1, 0.15) is 26.5 Å². The average molecular weight is 315 g/mol. The Balaban J connectivity index is 2.34. The minimum absolute atomic E-state index is 0.203. The summed E-state index contributed by atoms with van der Waals surface area (Å²) in [5.74, 6) is 0. The molecule has 22 heavy (non-hydrogen) atoms. The van der Waals surface area contributed by atoms with Crippen LogP contribution in [0.2, 0.25) is 0 Å². The Morgan fingerprint density at radius 3 is 2.86 bits per heavy atom. The molecule has 2 heterocycles. The lowest BCUT2D eigenvalue weighted by atomic mass is 10.1. The molecule has 0 unspecified atom stereocenters. The molecule has 1 aromatic rings.